The lowest BCUT2D eigenvalue weighted by Gasteiger charge is -2.09. The van der Waals surface area contributed by atoms with E-state index in [0.29, 0.717) is 21.6 Å². The van der Waals surface area contributed by atoms with Crippen LogP contribution in [0, 0.1) is 18.6 Å². The number of aromatic nitrogens is 1. The van der Waals surface area contributed by atoms with Gasteiger partial charge in [-0.15, -0.1) is 11.3 Å². The monoisotopic (exact) mass is 403 g/mol. The first kappa shape index (κ1) is 19.4. The van der Waals surface area contributed by atoms with Crippen LogP contribution in [0.5, 0.6) is 5.75 Å². The van der Waals surface area contributed by atoms with E-state index in [0.717, 1.165) is 17.7 Å². The molecule has 0 radical (unpaired) electrons. The van der Waals surface area contributed by atoms with Gasteiger partial charge in [0, 0.05) is 11.6 Å². The molecule has 0 spiro atoms. The molecule has 0 atom stereocenters. The first-order chi connectivity index (χ1) is 13.4. The molecule has 0 fully saturated rings. The van der Waals surface area contributed by atoms with Crippen LogP contribution >= 0.6 is 11.3 Å². The summed E-state index contributed by atoms with van der Waals surface area (Å²) in [6, 6.07) is 12.1. The molecule has 0 aliphatic heterocycles. The third kappa shape index (κ3) is 4.68. The Labute approximate surface area is 163 Å². The summed E-state index contributed by atoms with van der Waals surface area (Å²) >= 11 is 1.20. The second-order valence-electron chi connectivity index (χ2n) is 5.67. The number of hydrogen-bond acceptors (Lipinski definition) is 5. The minimum atomic E-state index is -0.925. The predicted molar refractivity (Wildman–Crippen MR) is 99.7 cm³/mol. The predicted octanol–water partition coefficient (Wildman–Crippen LogP) is 3.24. The Morgan fingerprint density at radius 2 is 1.86 bits per heavy atom. The highest BCUT2D eigenvalue weighted by Crippen LogP contribution is 2.27. The van der Waals surface area contributed by atoms with Gasteiger partial charge in [0.15, 0.2) is 18.2 Å². The van der Waals surface area contributed by atoms with Gasteiger partial charge >= 0.3 is 0 Å². The van der Waals surface area contributed by atoms with Gasteiger partial charge in [-0.1, -0.05) is 30.3 Å². The molecule has 0 saturated carbocycles. The summed E-state index contributed by atoms with van der Waals surface area (Å²) in [6.07, 6.45) is 0. The van der Waals surface area contributed by atoms with Gasteiger partial charge in [0.2, 0.25) is 0 Å². The minimum absolute atomic E-state index is 0.270. The highest BCUT2D eigenvalue weighted by atomic mass is 32.1. The number of carbonyl (C=O) groups excluding carboxylic acids is 2. The Morgan fingerprint density at radius 1 is 1.11 bits per heavy atom. The lowest BCUT2D eigenvalue weighted by Crippen LogP contribution is -2.43. The Hall–Kier alpha value is -3.33. The smallest absolute Gasteiger partial charge is 0.281 e. The second kappa shape index (κ2) is 8.57. The maximum atomic E-state index is 13.5. The number of hydrogen-bond donors (Lipinski definition) is 2. The number of nitrogens with zero attached hydrogens (tertiary/aromatic N) is 1. The van der Waals surface area contributed by atoms with E-state index in [4.69, 9.17) is 4.74 Å². The molecule has 6 nitrogen and oxygen atoms in total. The van der Waals surface area contributed by atoms with E-state index in [1.807, 2.05) is 30.3 Å². The van der Waals surface area contributed by atoms with E-state index in [1.54, 1.807) is 6.92 Å². The third-order valence-electron chi connectivity index (χ3n) is 3.59. The highest BCUT2D eigenvalue weighted by molar-refractivity contribution is 7.17. The van der Waals surface area contributed by atoms with Gasteiger partial charge in [-0.2, -0.15) is 0 Å². The average Bonchev–Trinajstić information content (AvgIpc) is 3.08. The Bertz CT molecular complexity index is 1010. The number of amides is 2. The second-order valence-corrected chi connectivity index (χ2v) is 6.66. The van der Waals surface area contributed by atoms with Gasteiger partial charge < -0.3 is 4.74 Å². The number of carbonyl (C=O) groups is 2. The fraction of sp³-hybridized carbons (Fsp3) is 0.105. The zero-order valence-corrected chi connectivity index (χ0v) is 15.5. The molecule has 3 rings (SSSR count). The zero-order chi connectivity index (χ0) is 20.1. The molecule has 0 aliphatic carbocycles. The lowest BCUT2D eigenvalue weighted by molar-refractivity contribution is -0.123. The molecule has 2 aromatic carbocycles. The van der Waals surface area contributed by atoms with Crippen LogP contribution in [-0.4, -0.2) is 23.4 Å². The minimum Gasteiger partial charge on any atom is -0.481 e. The standard InChI is InChI=1S/C19H15F2N3O3S/c1-11-17(28-19(22-11)12-5-3-2-4-6-12)18(26)24-23-16(25)10-27-15-8-7-13(20)9-14(15)21/h2-9H,10H2,1H3,(H,23,25)(H,24,26). The fourth-order valence-electron chi connectivity index (χ4n) is 2.27. The van der Waals surface area contributed by atoms with Crippen LogP contribution in [0.1, 0.15) is 15.4 Å². The topological polar surface area (TPSA) is 80.3 Å². The molecule has 0 bridgehead atoms. The van der Waals surface area contributed by atoms with Crippen LogP contribution in [0.3, 0.4) is 0 Å². The quantitative estimate of drug-likeness (QED) is 0.641. The number of ether oxygens (including phenoxy) is 1. The number of nitrogens with one attached hydrogen (secondary N) is 2. The van der Waals surface area contributed by atoms with E-state index >= 15 is 0 Å². The SMILES string of the molecule is Cc1nc(-c2ccccc2)sc1C(=O)NNC(=O)COc1ccc(F)cc1F. The van der Waals surface area contributed by atoms with Crippen molar-refractivity contribution in [2.45, 2.75) is 6.92 Å². The Kier molecular flexibility index (Phi) is 5.95. The Morgan fingerprint density at radius 3 is 2.57 bits per heavy atom. The molecule has 3 aromatic rings. The molecule has 0 saturated heterocycles. The molecule has 0 unspecified atom stereocenters. The van der Waals surface area contributed by atoms with E-state index in [2.05, 4.69) is 15.8 Å². The largest absolute Gasteiger partial charge is 0.481 e. The number of benzene rings is 2. The molecular weight excluding hydrogens is 388 g/mol. The van der Waals surface area contributed by atoms with Crippen molar-refractivity contribution in [1.29, 1.82) is 0 Å². The van der Waals surface area contributed by atoms with Crippen molar-refractivity contribution in [3.05, 3.63) is 70.7 Å². The van der Waals surface area contributed by atoms with Crippen molar-refractivity contribution in [3.8, 4) is 16.3 Å². The summed E-state index contributed by atoms with van der Waals surface area (Å²) in [5.74, 6) is -3.18. The first-order valence-corrected chi connectivity index (χ1v) is 8.95. The molecule has 1 heterocycles. The van der Waals surface area contributed by atoms with E-state index in [9.17, 15) is 18.4 Å². The maximum Gasteiger partial charge on any atom is 0.281 e. The summed E-state index contributed by atoms with van der Waals surface area (Å²) in [5, 5.41) is 0.685. The molecule has 9 heteroatoms. The van der Waals surface area contributed by atoms with Gasteiger partial charge in [0.25, 0.3) is 11.8 Å². The summed E-state index contributed by atoms with van der Waals surface area (Å²) < 4.78 is 31.2. The number of rotatable bonds is 5. The van der Waals surface area contributed by atoms with Crippen molar-refractivity contribution >= 4 is 23.2 Å². The average molecular weight is 403 g/mol. The molecule has 144 valence electrons. The lowest BCUT2D eigenvalue weighted by atomic mass is 10.2. The fourth-order valence-corrected chi connectivity index (χ4v) is 3.23. The molecule has 28 heavy (non-hydrogen) atoms. The Balaban J connectivity index is 1.55. The molecular formula is C19H15F2N3O3S. The highest BCUT2D eigenvalue weighted by Gasteiger charge is 2.17. The van der Waals surface area contributed by atoms with Crippen LogP contribution in [0.4, 0.5) is 8.78 Å². The molecule has 2 amide bonds. The molecule has 0 aliphatic rings. The number of aryl methyl sites for hydroxylation is 1. The molecule has 1 aromatic heterocycles. The van der Waals surface area contributed by atoms with Gasteiger partial charge in [0.1, 0.15) is 15.7 Å². The first-order valence-electron chi connectivity index (χ1n) is 8.14. The van der Waals surface area contributed by atoms with Crippen molar-refractivity contribution in [1.82, 2.24) is 15.8 Å². The van der Waals surface area contributed by atoms with E-state index in [-0.39, 0.29) is 5.75 Å². The number of thiazole rings is 1. The van der Waals surface area contributed by atoms with Crippen molar-refractivity contribution in [2.75, 3.05) is 6.61 Å². The number of halogens is 2. The van der Waals surface area contributed by atoms with E-state index < -0.39 is 30.1 Å². The van der Waals surface area contributed by atoms with Crippen molar-refractivity contribution < 1.29 is 23.1 Å². The zero-order valence-electron chi connectivity index (χ0n) is 14.7. The third-order valence-corrected chi connectivity index (χ3v) is 4.80. The summed E-state index contributed by atoms with van der Waals surface area (Å²) in [5.41, 5.74) is 5.85. The normalized spacial score (nSPS) is 10.4. The van der Waals surface area contributed by atoms with Gasteiger partial charge in [0.05, 0.1) is 5.69 Å². The van der Waals surface area contributed by atoms with Crippen LogP contribution in [0.25, 0.3) is 10.6 Å². The summed E-state index contributed by atoms with van der Waals surface area (Å²) in [6.45, 7) is 1.14. The van der Waals surface area contributed by atoms with Crippen LogP contribution in [0.2, 0.25) is 0 Å². The van der Waals surface area contributed by atoms with Gasteiger partial charge in [-0.05, 0) is 19.1 Å². The summed E-state index contributed by atoms with van der Waals surface area (Å²) in [4.78, 5) is 28.8. The van der Waals surface area contributed by atoms with Crippen LogP contribution < -0.4 is 15.6 Å². The number of hydrazine groups is 1. The maximum absolute atomic E-state index is 13.5. The van der Waals surface area contributed by atoms with Crippen LogP contribution in [-0.2, 0) is 4.79 Å². The van der Waals surface area contributed by atoms with Gasteiger partial charge in [-0.25, -0.2) is 13.8 Å². The summed E-state index contributed by atoms with van der Waals surface area (Å²) in [7, 11) is 0. The van der Waals surface area contributed by atoms with Crippen molar-refractivity contribution in [3.63, 3.8) is 0 Å². The van der Waals surface area contributed by atoms with E-state index in [1.165, 1.54) is 11.3 Å². The molecule has 2 N–H and O–H groups in total. The van der Waals surface area contributed by atoms with Gasteiger partial charge in [-0.3, -0.25) is 20.4 Å². The van der Waals surface area contributed by atoms with Crippen molar-refractivity contribution in [2.24, 2.45) is 0 Å². The van der Waals surface area contributed by atoms with Crippen LogP contribution in [0.15, 0.2) is 48.5 Å².